The minimum atomic E-state index is -4.42. The lowest BCUT2D eigenvalue weighted by atomic mass is 10.1. The molecular weight excluding hydrogens is 293 g/mol. The van der Waals surface area contributed by atoms with E-state index >= 15 is 0 Å². The van der Waals surface area contributed by atoms with E-state index in [1.807, 2.05) is 0 Å². The molecule has 106 valence electrons. The molecule has 2 aromatic rings. The molecular formula is C13H10ClF3N2O. The molecule has 2 rings (SSSR count). The van der Waals surface area contributed by atoms with Crippen molar-refractivity contribution in [3.05, 3.63) is 40.5 Å². The second-order valence-corrected chi connectivity index (χ2v) is 4.47. The number of nitrogens with zero attached hydrogens (tertiary/aromatic N) is 2. The first kappa shape index (κ1) is 14.6. The van der Waals surface area contributed by atoms with Crippen LogP contribution in [0.25, 0.3) is 11.3 Å². The van der Waals surface area contributed by atoms with E-state index in [1.165, 1.54) is 13.2 Å². The summed E-state index contributed by atoms with van der Waals surface area (Å²) in [4.78, 5) is 0. The Labute approximate surface area is 118 Å². The highest BCUT2D eigenvalue weighted by Gasteiger charge is 2.31. The topological polar surface area (TPSA) is 35.0 Å². The van der Waals surface area contributed by atoms with E-state index < -0.39 is 11.7 Å². The molecule has 7 heteroatoms. The molecule has 0 unspecified atom stereocenters. The molecule has 0 saturated carbocycles. The number of halogens is 4. The normalized spacial score (nSPS) is 11.5. The number of ether oxygens (including phenoxy) is 1. The van der Waals surface area contributed by atoms with Gasteiger partial charge in [-0.15, -0.1) is 10.2 Å². The number of benzene rings is 1. The van der Waals surface area contributed by atoms with Gasteiger partial charge in [0, 0.05) is 5.56 Å². The highest BCUT2D eigenvalue weighted by Crippen LogP contribution is 2.36. The fourth-order valence-electron chi connectivity index (χ4n) is 1.68. The van der Waals surface area contributed by atoms with Crippen LogP contribution in [0.5, 0.6) is 5.75 Å². The molecule has 1 aromatic carbocycles. The first-order valence-corrected chi connectivity index (χ1v) is 5.96. The van der Waals surface area contributed by atoms with Gasteiger partial charge >= 0.3 is 6.18 Å². The molecule has 0 saturated heterocycles. The average molecular weight is 303 g/mol. The lowest BCUT2D eigenvalue weighted by Gasteiger charge is -2.12. The van der Waals surface area contributed by atoms with Crippen LogP contribution in [0.4, 0.5) is 13.2 Å². The molecule has 3 nitrogen and oxygen atoms in total. The fourth-order valence-corrected chi connectivity index (χ4v) is 1.77. The Kier molecular flexibility index (Phi) is 3.85. The summed E-state index contributed by atoms with van der Waals surface area (Å²) in [5.41, 5.74) is 0.723. The highest BCUT2D eigenvalue weighted by molar-refractivity contribution is 6.30. The van der Waals surface area contributed by atoms with Crippen molar-refractivity contribution in [3.63, 3.8) is 0 Å². The van der Waals surface area contributed by atoms with Crippen LogP contribution in [0.15, 0.2) is 24.3 Å². The predicted octanol–water partition coefficient (Wildman–Crippen LogP) is 4.13. The minimum absolute atomic E-state index is 0.0795. The second kappa shape index (κ2) is 5.28. The number of hydrogen-bond acceptors (Lipinski definition) is 3. The molecule has 0 radical (unpaired) electrons. The lowest BCUT2D eigenvalue weighted by molar-refractivity contribution is -0.137. The van der Waals surface area contributed by atoms with E-state index in [0.717, 1.165) is 12.1 Å². The zero-order chi connectivity index (χ0) is 14.9. The Morgan fingerprint density at radius 3 is 2.40 bits per heavy atom. The molecule has 0 fully saturated rings. The quantitative estimate of drug-likeness (QED) is 0.836. The summed E-state index contributed by atoms with van der Waals surface area (Å²) in [5.74, 6) is 0.0795. The Morgan fingerprint density at radius 1 is 1.15 bits per heavy atom. The van der Waals surface area contributed by atoms with E-state index in [1.54, 1.807) is 13.0 Å². The summed E-state index contributed by atoms with van der Waals surface area (Å²) in [7, 11) is 1.30. The number of hydrogen-bond donors (Lipinski definition) is 0. The summed E-state index contributed by atoms with van der Waals surface area (Å²) < 4.78 is 43.0. The molecule has 0 amide bonds. The third-order valence-corrected chi connectivity index (χ3v) is 3.10. The summed E-state index contributed by atoms with van der Waals surface area (Å²) in [6.45, 7) is 1.73. The number of aryl methyl sites for hydroxylation is 1. The highest BCUT2D eigenvalue weighted by atomic mass is 35.5. The van der Waals surface area contributed by atoms with Crippen molar-refractivity contribution in [2.24, 2.45) is 0 Å². The smallest absolute Gasteiger partial charge is 0.416 e. The maximum absolute atomic E-state index is 12.7. The van der Waals surface area contributed by atoms with Crippen molar-refractivity contribution in [1.29, 1.82) is 0 Å². The van der Waals surface area contributed by atoms with Gasteiger partial charge < -0.3 is 4.74 Å². The van der Waals surface area contributed by atoms with Gasteiger partial charge in [-0.2, -0.15) is 13.2 Å². The number of aromatic nitrogens is 2. The zero-order valence-corrected chi connectivity index (χ0v) is 11.4. The summed E-state index contributed by atoms with van der Waals surface area (Å²) in [5, 5.41) is 7.86. The Morgan fingerprint density at radius 2 is 1.85 bits per heavy atom. The summed E-state index contributed by atoms with van der Waals surface area (Å²) in [6, 6.07) is 4.85. The van der Waals surface area contributed by atoms with Crippen molar-refractivity contribution in [2.45, 2.75) is 13.1 Å². The Bertz CT molecular complexity index is 644. The van der Waals surface area contributed by atoms with E-state index in [9.17, 15) is 13.2 Å². The van der Waals surface area contributed by atoms with Crippen molar-refractivity contribution < 1.29 is 17.9 Å². The van der Waals surface area contributed by atoms with Gasteiger partial charge in [-0.25, -0.2) is 0 Å². The molecule has 0 aliphatic heterocycles. The predicted molar refractivity (Wildman–Crippen MR) is 68.8 cm³/mol. The zero-order valence-electron chi connectivity index (χ0n) is 10.6. The standard InChI is InChI=1S/C13H10ClF3N2O/c1-7-5-10(18-19-12(7)14)9-4-3-8(13(15,16)17)6-11(9)20-2/h3-6H,1-2H3. The fraction of sp³-hybridized carbons (Fsp3) is 0.231. The van der Waals surface area contributed by atoms with Crippen LogP contribution in [-0.2, 0) is 6.18 Å². The van der Waals surface area contributed by atoms with Crippen LogP contribution in [0, 0.1) is 6.92 Å². The van der Waals surface area contributed by atoms with Crippen molar-refractivity contribution in [1.82, 2.24) is 10.2 Å². The van der Waals surface area contributed by atoms with Gasteiger partial charge in [0.05, 0.1) is 18.4 Å². The van der Waals surface area contributed by atoms with Crippen molar-refractivity contribution >= 4 is 11.6 Å². The molecule has 1 heterocycles. The molecule has 0 aliphatic rings. The van der Waals surface area contributed by atoms with Crippen LogP contribution in [0.2, 0.25) is 5.15 Å². The largest absolute Gasteiger partial charge is 0.496 e. The van der Waals surface area contributed by atoms with Gasteiger partial charge in [0.25, 0.3) is 0 Å². The molecule has 0 atom stereocenters. The minimum Gasteiger partial charge on any atom is -0.496 e. The van der Waals surface area contributed by atoms with Crippen LogP contribution in [-0.4, -0.2) is 17.3 Å². The van der Waals surface area contributed by atoms with E-state index in [4.69, 9.17) is 16.3 Å². The van der Waals surface area contributed by atoms with Gasteiger partial charge in [0.2, 0.25) is 0 Å². The van der Waals surface area contributed by atoms with Gasteiger partial charge in [-0.3, -0.25) is 0 Å². The van der Waals surface area contributed by atoms with Gasteiger partial charge in [-0.1, -0.05) is 11.6 Å². The first-order valence-electron chi connectivity index (χ1n) is 5.58. The van der Waals surface area contributed by atoms with E-state index in [2.05, 4.69) is 10.2 Å². The number of alkyl halides is 3. The third-order valence-electron chi connectivity index (χ3n) is 2.73. The van der Waals surface area contributed by atoms with Crippen LogP contribution in [0.1, 0.15) is 11.1 Å². The molecule has 0 bridgehead atoms. The van der Waals surface area contributed by atoms with Gasteiger partial charge in [0.1, 0.15) is 5.75 Å². The molecule has 20 heavy (non-hydrogen) atoms. The number of methoxy groups -OCH3 is 1. The van der Waals surface area contributed by atoms with Gasteiger partial charge in [-0.05, 0) is 36.8 Å². The molecule has 1 aromatic heterocycles. The van der Waals surface area contributed by atoms with Crippen LogP contribution >= 0.6 is 11.6 Å². The molecule has 0 N–H and O–H groups in total. The summed E-state index contributed by atoms with van der Waals surface area (Å²) in [6.07, 6.45) is -4.42. The van der Waals surface area contributed by atoms with Crippen LogP contribution in [0.3, 0.4) is 0 Å². The average Bonchev–Trinajstić information content (AvgIpc) is 2.40. The Hall–Kier alpha value is -1.82. The van der Waals surface area contributed by atoms with E-state index in [0.29, 0.717) is 16.8 Å². The third kappa shape index (κ3) is 2.85. The van der Waals surface area contributed by atoms with Gasteiger partial charge in [0.15, 0.2) is 5.15 Å². The Balaban J connectivity index is 2.54. The first-order chi connectivity index (χ1) is 9.32. The van der Waals surface area contributed by atoms with Crippen molar-refractivity contribution in [3.8, 4) is 17.0 Å². The second-order valence-electron chi connectivity index (χ2n) is 4.12. The lowest BCUT2D eigenvalue weighted by Crippen LogP contribution is -2.05. The summed E-state index contributed by atoms with van der Waals surface area (Å²) >= 11 is 5.77. The van der Waals surface area contributed by atoms with E-state index in [-0.39, 0.29) is 10.9 Å². The van der Waals surface area contributed by atoms with Crippen molar-refractivity contribution in [2.75, 3.05) is 7.11 Å². The SMILES string of the molecule is COc1cc(C(F)(F)F)ccc1-c1cc(C)c(Cl)nn1. The molecule has 0 aliphatic carbocycles. The number of rotatable bonds is 2. The maximum Gasteiger partial charge on any atom is 0.416 e. The molecule has 0 spiro atoms. The maximum atomic E-state index is 12.7. The van der Waals surface area contributed by atoms with Crippen LogP contribution < -0.4 is 4.74 Å². The monoisotopic (exact) mass is 302 g/mol.